The number of amides is 1. The molecule has 5 rings (SSSR count). The van der Waals surface area contributed by atoms with Crippen LogP contribution in [0.2, 0.25) is 0 Å². The van der Waals surface area contributed by atoms with Gasteiger partial charge in [-0.1, -0.05) is 6.42 Å². The highest BCUT2D eigenvalue weighted by atomic mass is 32.1. The van der Waals surface area contributed by atoms with Crippen molar-refractivity contribution in [2.24, 2.45) is 5.92 Å². The quantitative estimate of drug-likeness (QED) is 0.417. The van der Waals surface area contributed by atoms with E-state index in [1.54, 1.807) is 30.8 Å². The molecule has 1 N–H and O–H groups in total. The van der Waals surface area contributed by atoms with Crippen molar-refractivity contribution in [3.63, 3.8) is 0 Å². The predicted octanol–water partition coefficient (Wildman–Crippen LogP) is 4.64. The third-order valence-electron chi connectivity index (χ3n) is 7.19. The molecule has 1 aliphatic heterocycles. The number of benzene rings is 1. The lowest BCUT2D eigenvalue weighted by atomic mass is 9.83. The molecule has 1 saturated heterocycles. The van der Waals surface area contributed by atoms with Crippen LogP contribution in [0.25, 0.3) is 21.8 Å². The third-order valence-corrected chi connectivity index (χ3v) is 8.14. The van der Waals surface area contributed by atoms with Crippen LogP contribution in [0.3, 0.4) is 0 Å². The number of anilines is 1. The topological polar surface area (TPSA) is 79.8 Å². The predicted molar refractivity (Wildman–Crippen MR) is 147 cm³/mol. The molecule has 37 heavy (non-hydrogen) atoms. The molecule has 0 bridgehead atoms. The number of likely N-dealkylation sites (N-methyl/N-ethyl adjacent to an activating group) is 1. The summed E-state index contributed by atoms with van der Waals surface area (Å²) in [5, 5.41) is 4.98. The highest BCUT2D eigenvalue weighted by molar-refractivity contribution is 7.14. The maximum atomic E-state index is 12.3. The summed E-state index contributed by atoms with van der Waals surface area (Å²) in [7, 11) is 3.82. The second-order valence-electron chi connectivity index (χ2n) is 9.90. The van der Waals surface area contributed by atoms with Gasteiger partial charge in [-0.05, 0) is 50.1 Å². The SMILES string of the molecule is COc1cc(-c2cncc(-c3cc(NC(=O)CC4CCC4)cs3)n2)ccc1OCCN1CCN(C)CC1. The molecule has 1 aliphatic carbocycles. The van der Waals surface area contributed by atoms with E-state index in [0.717, 1.165) is 66.0 Å². The minimum absolute atomic E-state index is 0.0896. The van der Waals surface area contributed by atoms with Crippen molar-refractivity contribution in [2.45, 2.75) is 25.7 Å². The van der Waals surface area contributed by atoms with E-state index in [-0.39, 0.29) is 5.91 Å². The van der Waals surface area contributed by atoms with Crippen LogP contribution in [0, 0.1) is 5.92 Å². The molecular weight excluding hydrogens is 486 g/mol. The standard InChI is InChI=1S/C28H35N5O3S/c1-32-8-10-33(11-9-32)12-13-36-25-7-6-21(15-26(25)35-2)23-17-29-18-24(31-23)27-16-22(19-37-27)30-28(34)14-20-4-3-5-20/h6-7,15-20H,3-5,8-14H2,1-2H3,(H,30,34). The first-order valence-electron chi connectivity index (χ1n) is 13.0. The number of aromatic nitrogens is 2. The van der Waals surface area contributed by atoms with E-state index in [2.05, 4.69) is 27.1 Å². The van der Waals surface area contributed by atoms with Gasteiger partial charge in [0.25, 0.3) is 0 Å². The summed E-state index contributed by atoms with van der Waals surface area (Å²) < 4.78 is 11.7. The smallest absolute Gasteiger partial charge is 0.224 e. The first kappa shape index (κ1) is 25.6. The molecule has 0 unspecified atom stereocenters. The van der Waals surface area contributed by atoms with Crippen LogP contribution in [-0.4, -0.2) is 79.2 Å². The Balaban J connectivity index is 1.22. The number of nitrogens with one attached hydrogen (secondary N) is 1. The molecule has 2 aromatic heterocycles. The molecule has 1 saturated carbocycles. The molecule has 8 nitrogen and oxygen atoms in total. The number of carbonyl (C=O) groups is 1. The zero-order valence-electron chi connectivity index (χ0n) is 21.6. The van der Waals surface area contributed by atoms with Gasteiger partial charge in [-0.25, -0.2) is 4.98 Å². The van der Waals surface area contributed by atoms with Crippen LogP contribution in [0.15, 0.2) is 42.0 Å². The second-order valence-corrected chi connectivity index (χ2v) is 10.8. The summed E-state index contributed by atoms with van der Waals surface area (Å²) in [5.74, 6) is 2.04. The highest BCUT2D eigenvalue weighted by Crippen LogP contribution is 2.34. The van der Waals surface area contributed by atoms with Crippen LogP contribution in [0.4, 0.5) is 5.69 Å². The molecule has 1 amide bonds. The van der Waals surface area contributed by atoms with E-state index in [4.69, 9.17) is 14.5 Å². The number of nitrogens with zero attached hydrogens (tertiary/aromatic N) is 4. The van der Waals surface area contributed by atoms with Crippen molar-refractivity contribution in [3.8, 4) is 33.3 Å². The van der Waals surface area contributed by atoms with Gasteiger partial charge in [-0.2, -0.15) is 0 Å². The molecular formula is C28H35N5O3S. The fraction of sp³-hybridized carbons (Fsp3) is 0.464. The van der Waals surface area contributed by atoms with Crippen molar-refractivity contribution in [2.75, 3.05) is 58.8 Å². The number of hydrogen-bond acceptors (Lipinski definition) is 8. The molecule has 196 valence electrons. The first-order valence-corrected chi connectivity index (χ1v) is 13.9. The van der Waals surface area contributed by atoms with Crippen LogP contribution < -0.4 is 14.8 Å². The zero-order chi connectivity index (χ0) is 25.6. The van der Waals surface area contributed by atoms with Crippen molar-refractivity contribution in [1.82, 2.24) is 19.8 Å². The van der Waals surface area contributed by atoms with E-state index in [1.165, 1.54) is 19.3 Å². The molecule has 2 aliphatic rings. The van der Waals surface area contributed by atoms with E-state index in [0.29, 0.717) is 24.7 Å². The summed E-state index contributed by atoms with van der Waals surface area (Å²) >= 11 is 1.55. The van der Waals surface area contributed by atoms with Crippen LogP contribution in [-0.2, 0) is 4.79 Å². The lowest BCUT2D eigenvalue weighted by molar-refractivity contribution is -0.117. The molecule has 2 fully saturated rings. The Morgan fingerprint density at radius 3 is 2.68 bits per heavy atom. The van der Waals surface area contributed by atoms with Gasteiger partial charge < -0.3 is 19.7 Å². The minimum Gasteiger partial charge on any atom is -0.493 e. The van der Waals surface area contributed by atoms with Gasteiger partial charge in [-0.3, -0.25) is 14.7 Å². The van der Waals surface area contributed by atoms with Crippen LogP contribution in [0.1, 0.15) is 25.7 Å². The van der Waals surface area contributed by atoms with E-state index < -0.39 is 0 Å². The molecule has 9 heteroatoms. The van der Waals surface area contributed by atoms with Gasteiger partial charge in [-0.15, -0.1) is 11.3 Å². The van der Waals surface area contributed by atoms with Gasteiger partial charge in [0.1, 0.15) is 6.61 Å². The van der Waals surface area contributed by atoms with Crippen molar-refractivity contribution < 1.29 is 14.3 Å². The number of carbonyl (C=O) groups excluding carboxylic acids is 1. The largest absolute Gasteiger partial charge is 0.493 e. The molecule has 0 atom stereocenters. The number of thiophene rings is 1. The maximum Gasteiger partial charge on any atom is 0.224 e. The van der Waals surface area contributed by atoms with Gasteiger partial charge in [0.05, 0.1) is 41.5 Å². The normalized spacial score (nSPS) is 16.8. The monoisotopic (exact) mass is 521 g/mol. The summed E-state index contributed by atoms with van der Waals surface area (Å²) in [5.41, 5.74) is 3.25. The molecule has 1 aromatic carbocycles. The summed E-state index contributed by atoms with van der Waals surface area (Å²) in [6, 6.07) is 7.84. The summed E-state index contributed by atoms with van der Waals surface area (Å²) in [6.45, 7) is 5.86. The van der Waals surface area contributed by atoms with Crippen LogP contribution in [0.5, 0.6) is 11.5 Å². The lowest BCUT2D eigenvalue weighted by Gasteiger charge is -2.32. The van der Waals surface area contributed by atoms with Crippen molar-refractivity contribution in [1.29, 1.82) is 0 Å². The van der Waals surface area contributed by atoms with Crippen LogP contribution >= 0.6 is 11.3 Å². The first-order chi connectivity index (χ1) is 18.1. The Morgan fingerprint density at radius 2 is 1.92 bits per heavy atom. The average molecular weight is 522 g/mol. The third kappa shape index (κ3) is 6.66. The maximum absolute atomic E-state index is 12.3. The zero-order valence-corrected chi connectivity index (χ0v) is 22.4. The van der Waals surface area contributed by atoms with Gasteiger partial charge in [0.15, 0.2) is 11.5 Å². The molecule has 3 heterocycles. The van der Waals surface area contributed by atoms with E-state index in [1.807, 2.05) is 29.6 Å². The Morgan fingerprint density at radius 1 is 1.11 bits per heavy atom. The van der Waals surface area contributed by atoms with E-state index in [9.17, 15) is 4.79 Å². The number of ether oxygens (including phenoxy) is 2. The number of rotatable bonds is 10. The summed E-state index contributed by atoms with van der Waals surface area (Å²) in [4.78, 5) is 27.3. The Kier molecular flexibility index (Phi) is 8.33. The Hall–Kier alpha value is -3.01. The number of piperazine rings is 1. The van der Waals surface area contributed by atoms with E-state index >= 15 is 0 Å². The summed E-state index contributed by atoms with van der Waals surface area (Å²) in [6.07, 6.45) is 7.69. The molecule has 0 spiro atoms. The van der Waals surface area contributed by atoms with Crippen molar-refractivity contribution >= 4 is 22.9 Å². The fourth-order valence-corrected chi connectivity index (χ4v) is 5.43. The molecule has 3 aromatic rings. The minimum atomic E-state index is 0.0896. The Labute approximate surface area is 222 Å². The lowest BCUT2D eigenvalue weighted by Crippen LogP contribution is -2.45. The molecule has 0 radical (unpaired) electrons. The average Bonchev–Trinajstić information content (AvgIpc) is 3.36. The highest BCUT2D eigenvalue weighted by Gasteiger charge is 2.21. The fourth-order valence-electron chi connectivity index (χ4n) is 4.63. The number of hydrogen-bond donors (Lipinski definition) is 1. The second kappa shape index (κ2) is 12.0. The van der Waals surface area contributed by atoms with Gasteiger partial charge in [0.2, 0.25) is 5.91 Å². The van der Waals surface area contributed by atoms with Crippen molar-refractivity contribution in [3.05, 3.63) is 42.0 Å². The Bertz CT molecular complexity index is 1200. The van der Waals surface area contributed by atoms with Gasteiger partial charge >= 0.3 is 0 Å². The number of methoxy groups -OCH3 is 1. The van der Waals surface area contributed by atoms with Gasteiger partial charge in [0, 0.05) is 50.1 Å².